The Bertz CT molecular complexity index is 1290. The fraction of sp³-hybridized carbons (Fsp3) is 0.333. The smallest absolute Gasteiger partial charge is 0.335 e. The molecule has 0 aliphatic carbocycles. The highest BCUT2D eigenvalue weighted by Crippen LogP contribution is 2.31. The summed E-state index contributed by atoms with van der Waals surface area (Å²) < 4.78 is 34.4. The van der Waals surface area contributed by atoms with Gasteiger partial charge in [0.05, 0.1) is 27.5 Å². The van der Waals surface area contributed by atoms with Crippen molar-refractivity contribution in [1.82, 2.24) is 5.16 Å². The van der Waals surface area contributed by atoms with Crippen molar-refractivity contribution in [1.29, 1.82) is 0 Å². The molecular weight excluding hydrogens is 442 g/mol. The molecule has 0 saturated carbocycles. The highest BCUT2D eigenvalue weighted by atomic mass is 32.2. The molecule has 33 heavy (non-hydrogen) atoms. The van der Waals surface area contributed by atoms with E-state index in [9.17, 15) is 18.3 Å². The van der Waals surface area contributed by atoms with E-state index in [1.807, 2.05) is 45.7 Å². The van der Waals surface area contributed by atoms with Gasteiger partial charge in [-0.3, -0.25) is 4.72 Å². The Morgan fingerprint density at radius 2 is 1.73 bits per heavy atom. The summed E-state index contributed by atoms with van der Waals surface area (Å²) in [7, 11) is -2.12. The van der Waals surface area contributed by atoms with E-state index in [4.69, 9.17) is 4.52 Å². The third-order valence-electron chi connectivity index (χ3n) is 5.86. The van der Waals surface area contributed by atoms with Gasteiger partial charge in [-0.25, -0.2) is 13.2 Å². The summed E-state index contributed by atoms with van der Waals surface area (Å²) in [6, 6.07) is 7.88. The molecule has 0 unspecified atom stereocenters. The zero-order valence-corrected chi connectivity index (χ0v) is 20.5. The number of anilines is 2. The normalized spacial score (nSPS) is 11.5. The monoisotopic (exact) mass is 471 g/mol. The van der Waals surface area contributed by atoms with Gasteiger partial charge in [0.15, 0.2) is 0 Å². The average molecular weight is 472 g/mol. The first-order chi connectivity index (χ1) is 15.4. The van der Waals surface area contributed by atoms with Gasteiger partial charge in [0.2, 0.25) is 0 Å². The number of nitrogens with one attached hydrogen (secondary N) is 1. The first-order valence-corrected chi connectivity index (χ1v) is 12.0. The number of carboxylic acids is 1. The average Bonchev–Trinajstić information content (AvgIpc) is 3.05. The van der Waals surface area contributed by atoms with Crippen LogP contribution in [-0.4, -0.2) is 38.2 Å². The second-order valence-corrected chi connectivity index (χ2v) is 9.97. The Morgan fingerprint density at radius 3 is 2.33 bits per heavy atom. The molecule has 8 nitrogen and oxygen atoms in total. The fourth-order valence-electron chi connectivity index (χ4n) is 3.77. The zero-order valence-electron chi connectivity index (χ0n) is 19.7. The SMILES string of the molecule is Cc1cc(C)c(S(=O)(=O)Nc2cc(C(=O)O)ccc2N(C)CCc2c(C)noc2C)cc1C. The van der Waals surface area contributed by atoms with E-state index in [1.54, 1.807) is 19.1 Å². The number of aryl methyl sites for hydroxylation is 5. The molecule has 0 fully saturated rings. The van der Waals surface area contributed by atoms with Crippen LogP contribution in [0, 0.1) is 34.6 Å². The number of aromatic carboxylic acids is 1. The first-order valence-electron chi connectivity index (χ1n) is 10.5. The molecule has 0 aliphatic heterocycles. The minimum atomic E-state index is -3.95. The van der Waals surface area contributed by atoms with E-state index in [1.165, 1.54) is 12.1 Å². The van der Waals surface area contributed by atoms with Crippen LogP contribution in [-0.2, 0) is 16.4 Å². The minimum absolute atomic E-state index is 0.00705. The lowest BCUT2D eigenvalue weighted by Gasteiger charge is -2.24. The van der Waals surface area contributed by atoms with Gasteiger partial charge >= 0.3 is 5.97 Å². The number of benzene rings is 2. The van der Waals surface area contributed by atoms with E-state index < -0.39 is 16.0 Å². The zero-order chi connectivity index (χ0) is 24.5. The summed E-state index contributed by atoms with van der Waals surface area (Å²) >= 11 is 0. The van der Waals surface area contributed by atoms with Crippen LogP contribution in [0.3, 0.4) is 0 Å². The molecular formula is C24H29N3O5S. The van der Waals surface area contributed by atoms with Gasteiger partial charge in [0.1, 0.15) is 5.76 Å². The highest BCUT2D eigenvalue weighted by molar-refractivity contribution is 7.92. The van der Waals surface area contributed by atoms with Crippen molar-refractivity contribution in [2.24, 2.45) is 0 Å². The van der Waals surface area contributed by atoms with Gasteiger partial charge < -0.3 is 14.5 Å². The van der Waals surface area contributed by atoms with Crippen LogP contribution < -0.4 is 9.62 Å². The summed E-state index contributed by atoms with van der Waals surface area (Å²) in [4.78, 5) is 13.6. The molecule has 0 radical (unpaired) electrons. The predicted octanol–water partition coefficient (Wildman–Crippen LogP) is 4.39. The number of aromatic nitrogens is 1. The second kappa shape index (κ2) is 9.27. The van der Waals surface area contributed by atoms with Crippen LogP contribution in [0.4, 0.5) is 11.4 Å². The molecule has 0 spiro atoms. The molecule has 3 rings (SSSR count). The summed E-state index contributed by atoms with van der Waals surface area (Å²) in [6.45, 7) is 9.79. The third-order valence-corrected chi connectivity index (χ3v) is 7.37. The molecule has 0 aliphatic rings. The maximum atomic E-state index is 13.3. The maximum absolute atomic E-state index is 13.3. The molecule has 2 N–H and O–H groups in total. The third kappa shape index (κ3) is 5.19. The molecule has 1 heterocycles. The van der Waals surface area contributed by atoms with Gasteiger partial charge in [0, 0.05) is 19.2 Å². The van der Waals surface area contributed by atoms with Crippen molar-refractivity contribution in [2.45, 2.75) is 45.9 Å². The summed E-state index contributed by atoms with van der Waals surface area (Å²) in [5, 5.41) is 13.4. The van der Waals surface area contributed by atoms with E-state index >= 15 is 0 Å². The van der Waals surface area contributed by atoms with E-state index in [0.717, 1.165) is 28.1 Å². The standard InChI is InChI=1S/C24H29N3O5S/c1-14-11-16(3)23(12-15(14)2)33(30,31)26-21-13-19(24(28)29)7-8-22(21)27(6)10-9-20-17(4)25-32-18(20)5/h7-8,11-13,26H,9-10H2,1-6H3,(H,28,29). The van der Waals surface area contributed by atoms with Crippen LogP contribution in [0.1, 0.15) is 44.1 Å². The van der Waals surface area contributed by atoms with Crippen LogP contribution >= 0.6 is 0 Å². The molecule has 3 aromatic rings. The van der Waals surface area contributed by atoms with Crippen molar-refractivity contribution in [3.8, 4) is 0 Å². The van der Waals surface area contributed by atoms with E-state index in [2.05, 4.69) is 9.88 Å². The molecule has 0 atom stereocenters. The van der Waals surface area contributed by atoms with Crippen molar-refractivity contribution < 1.29 is 22.8 Å². The van der Waals surface area contributed by atoms with Crippen LogP contribution in [0.2, 0.25) is 0 Å². The molecule has 9 heteroatoms. The van der Waals surface area contributed by atoms with Crippen molar-refractivity contribution in [3.05, 3.63) is 69.6 Å². The maximum Gasteiger partial charge on any atom is 0.335 e. The first kappa shape index (κ1) is 24.3. The van der Waals surface area contributed by atoms with Gasteiger partial charge in [0.25, 0.3) is 10.0 Å². The predicted molar refractivity (Wildman–Crippen MR) is 128 cm³/mol. The number of likely N-dealkylation sites (N-methyl/N-ethyl adjacent to an activating group) is 1. The largest absolute Gasteiger partial charge is 0.478 e. The van der Waals surface area contributed by atoms with Crippen molar-refractivity contribution in [2.75, 3.05) is 23.2 Å². The number of hydrogen-bond acceptors (Lipinski definition) is 6. The highest BCUT2D eigenvalue weighted by Gasteiger charge is 2.22. The van der Waals surface area contributed by atoms with Gasteiger partial charge in [-0.15, -0.1) is 0 Å². The Kier molecular flexibility index (Phi) is 6.83. The number of carboxylic acid groups (broad SMARTS) is 1. The second-order valence-electron chi connectivity index (χ2n) is 8.32. The lowest BCUT2D eigenvalue weighted by molar-refractivity contribution is 0.0697. The number of sulfonamides is 1. The van der Waals surface area contributed by atoms with Crippen LogP contribution in [0.25, 0.3) is 0 Å². The van der Waals surface area contributed by atoms with Gasteiger partial charge in [-0.2, -0.15) is 0 Å². The molecule has 0 amide bonds. The molecule has 0 saturated heterocycles. The topological polar surface area (TPSA) is 113 Å². The summed E-state index contributed by atoms with van der Waals surface area (Å²) in [5.74, 6) is -0.393. The Hall–Kier alpha value is -3.33. The Labute approximate surface area is 194 Å². The number of nitrogens with zero attached hydrogens (tertiary/aromatic N) is 2. The Balaban J connectivity index is 1.97. The number of rotatable bonds is 8. The molecule has 0 bridgehead atoms. The van der Waals surface area contributed by atoms with E-state index in [-0.39, 0.29) is 16.1 Å². The summed E-state index contributed by atoms with van der Waals surface area (Å²) in [6.07, 6.45) is 0.640. The van der Waals surface area contributed by atoms with Crippen molar-refractivity contribution in [3.63, 3.8) is 0 Å². The molecule has 2 aromatic carbocycles. The lowest BCUT2D eigenvalue weighted by atomic mass is 10.1. The van der Waals surface area contributed by atoms with Gasteiger partial charge in [-0.05, 0) is 82.0 Å². The molecule has 1 aromatic heterocycles. The Morgan fingerprint density at radius 1 is 1.06 bits per heavy atom. The van der Waals surface area contributed by atoms with E-state index in [0.29, 0.717) is 24.2 Å². The lowest BCUT2D eigenvalue weighted by Crippen LogP contribution is -2.24. The minimum Gasteiger partial charge on any atom is -0.478 e. The van der Waals surface area contributed by atoms with Gasteiger partial charge in [-0.1, -0.05) is 11.2 Å². The van der Waals surface area contributed by atoms with Crippen molar-refractivity contribution >= 4 is 27.4 Å². The number of carbonyl (C=O) groups is 1. The number of hydrogen-bond donors (Lipinski definition) is 2. The van der Waals surface area contributed by atoms with Crippen LogP contribution in [0.5, 0.6) is 0 Å². The quantitative estimate of drug-likeness (QED) is 0.501. The fourth-order valence-corrected chi connectivity index (χ4v) is 5.14. The summed E-state index contributed by atoms with van der Waals surface area (Å²) in [5.41, 5.74) is 5.05. The van der Waals surface area contributed by atoms with Crippen LogP contribution in [0.15, 0.2) is 39.8 Å². The molecule has 176 valence electrons.